The summed E-state index contributed by atoms with van der Waals surface area (Å²) in [6, 6.07) is 4.79. The molecule has 0 fully saturated rings. The van der Waals surface area contributed by atoms with Crippen molar-refractivity contribution in [2.75, 3.05) is 0 Å². The lowest BCUT2D eigenvalue weighted by atomic mass is 10.1. The molecule has 16 heavy (non-hydrogen) atoms. The van der Waals surface area contributed by atoms with Crippen LogP contribution in [-0.4, -0.2) is 20.3 Å². The second-order valence-electron chi connectivity index (χ2n) is 3.45. The first kappa shape index (κ1) is 10.8. The van der Waals surface area contributed by atoms with Crippen LogP contribution in [0.25, 0.3) is 11.3 Å². The SMILES string of the molecule is Cc1nnc(-c2cc(Cl)ccc2O)c(C)n1. The molecule has 0 radical (unpaired) electrons. The molecule has 0 aliphatic heterocycles. The summed E-state index contributed by atoms with van der Waals surface area (Å²) < 4.78 is 0. The molecule has 1 aromatic carbocycles. The summed E-state index contributed by atoms with van der Waals surface area (Å²) in [7, 11) is 0. The maximum absolute atomic E-state index is 9.73. The van der Waals surface area contributed by atoms with Crippen LogP contribution in [0.1, 0.15) is 11.5 Å². The summed E-state index contributed by atoms with van der Waals surface area (Å²) >= 11 is 5.87. The maximum Gasteiger partial charge on any atom is 0.148 e. The van der Waals surface area contributed by atoms with Crippen molar-refractivity contribution in [3.8, 4) is 17.0 Å². The molecule has 2 aromatic rings. The van der Waals surface area contributed by atoms with E-state index in [2.05, 4.69) is 15.2 Å². The Bertz CT molecular complexity index is 543. The molecule has 2 rings (SSSR count). The third-order valence-electron chi connectivity index (χ3n) is 2.18. The van der Waals surface area contributed by atoms with Crippen LogP contribution >= 0.6 is 11.6 Å². The van der Waals surface area contributed by atoms with Crippen LogP contribution in [0.15, 0.2) is 18.2 Å². The molecule has 0 spiro atoms. The molecule has 0 amide bonds. The first-order valence-corrected chi connectivity index (χ1v) is 5.12. The van der Waals surface area contributed by atoms with E-state index in [0.717, 1.165) is 0 Å². The standard InChI is InChI=1S/C11H10ClN3O/c1-6-11(15-14-7(2)13-6)9-5-8(12)3-4-10(9)16/h3-5,16H,1-2H3. The first-order chi connectivity index (χ1) is 7.58. The van der Waals surface area contributed by atoms with Gasteiger partial charge in [0.05, 0.1) is 5.69 Å². The quantitative estimate of drug-likeness (QED) is 0.825. The molecule has 0 atom stereocenters. The molecule has 82 valence electrons. The van der Waals surface area contributed by atoms with Crippen molar-refractivity contribution in [2.45, 2.75) is 13.8 Å². The number of phenolic OH excluding ortho intramolecular Hbond substituents is 1. The fourth-order valence-corrected chi connectivity index (χ4v) is 1.63. The molecular weight excluding hydrogens is 226 g/mol. The molecule has 0 saturated carbocycles. The molecule has 5 heteroatoms. The molecule has 0 aliphatic carbocycles. The second-order valence-corrected chi connectivity index (χ2v) is 3.89. The lowest BCUT2D eigenvalue weighted by Gasteiger charge is -2.06. The lowest BCUT2D eigenvalue weighted by Crippen LogP contribution is -1.98. The predicted octanol–water partition coefficient (Wildman–Crippen LogP) is 2.51. The molecule has 0 unspecified atom stereocenters. The van der Waals surface area contributed by atoms with Crippen molar-refractivity contribution in [3.05, 3.63) is 34.7 Å². The highest BCUT2D eigenvalue weighted by atomic mass is 35.5. The zero-order valence-electron chi connectivity index (χ0n) is 8.90. The first-order valence-electron chi connectivity index (χ1n) is 4.75. The number of aromatic hydroxyl groups is 1. The number of benzene rings is 1. The maximum atomic E-state index is 9.73. The molecule has 0 bridgehead atoms. The van der Waals surface area contributed by atoms with Gasteiger partial charge in [0.2, 0.25) is 0 Å². The Kier molecular flexibility index (Phi) is 2.75. The lowest BCUT2D eigenvalue weighted by molar-refractivity contribution is 0.477. The second kappa shape index (κ2) is 4.06. The van der Waals surface area contributed by atoms with Crippen molar-refractivity contribution in [2.24, 2.45) is 0 Å². The van der Waals surface area contributed by atoms with Crippen LogP contribution in [0.3, 0.4) is 0 Å². The number of nitrogens with zero attached hydrogens (tertiary/aromatic N) is 3. The minimum atomic E-state index is 0.118. The van der Waals surface area contributed by atoms with Crippen LogP contribution in [-0.2, 0) is 0 Å². The van der Waals surface area contributed by atoms with E-state index in [4.69, 9.17) is 11.6 Å². The average Bonchev–Trinajstić information content (AvgIpc) is 2.22. The van der Waals surface area contributed by atoms with Gasteiger partial charge in [-0.05, 0) is 32.0 Å². The molecule has 0 aliphatic rings. The number of rotatable bonds is 1. The van der Waals surface area contributed by atoms with Crippen molar-refractivity contribution in [3.63, 3.8) is 0 Å². The van der Waals surface area contributed by atoms with Gasteiger partial charge < -0.3 is 5.11 Å². The van der Waals surface area contributed by atoms with Crippen molar-refractivity contribution in [1.82, 2.24) is 15.2 Å². The Morgan fingerprint density at radius 2 is 1.94 bits per heavy atom. The van der Waals surface area contributed by atoms with Gasteiger partial charge in [0.25, 0.3) is 0 Å². The molecule has 4 nitrogen and oxygen atoms in total. The van der Waals surface area contributed by atoms with E-state index in [-0.39, 0.29) is 5.75 Å². The average molecular weight is 236 g/mol. The Hall–Kier alpha value is -1.68. The smallest absolute Gasteiger partial charge is 0.148 e. The van der Waals surface area contributed by atoms with Crippen LogP contribution in [0.4, 0.5) is 0 Å². The summed E-state index contributed by atoms with van der Waals surface area (Å²) in [5.41, 5.74) is 1.81. The largest absolute Gasteiger partial charge is 0.507 e. The van der Waals surface area contributed by atoms with Crippen LogP contribution in [0.5, 0.6) is 5.75 Å². The Morgan fingerprint density at radius 3 is 2.62 bits per heavy atom. The topological polar surface area (TPSA) is 58.9 Å². The van der Waals surface area contributed by atoms with Gasteiger partial charge in [-0.1, -0.05) is 11.6 Å². The van der Waals surface area contributed by atoms with Crippen molar-refractivity contribution >= 4 is 11.6 Å². The summed E-state index contributed by atoms with van der Waals surface area (Å²) in [6.07, 6.45) is 0. The van der Waals surface area contributed by atoms with E-state index >= 15 is 0 Å². The van der Waals surface area contributed by atoms with Crippen molar-refractivity contribution in [1.29, 1.82) is 0 Å². The number of halogens is 1. The predicted molar refractivity (Wildman–Crippen MR) is 61.4 cm³/mol. The molecular formula is C11H10ClN3O. The van der Waals surface area contributed by atoms with Crippen LogP contribution in [0, 0.1) is 13.8 Å². The zero-order chi connectivity index (χ0) is 11.7. The summed E-state index contributed by atoms with van der Waals surface area (Å²) in [4.78, 5) is 4.19. The monoisotopic (exact) mass is 235 g/mol. The van der Waals surface area contributed by atoms with Gasteiger partial charge in [-0.15, -0.1) is 10.2 Å². The summed E-state index contributed by atoms with van der Waals surface area (Å²) in [5, 5.41) is 18.2. The van der Waals surface area contributed by atoms with E-state index in [1.54, 1.807) is 19.1 Å². The van der Waals surface area contributed by atoms with Gasteiger partial charge in [0, 0.05) is 10.6 Å². The third kappa shape index (κ3) is 1.97. The zero-order valence-corrected chi connectivity index (χ0v) is 9.65. The highest BCUT2D eigenvalue weighted by Gasteiger charge is 2.11. The summed E-state index contributed by atoms with van der Waals surface area (Å²) in [6.45, 7) is 3.58. The fraction of sp³-hybridized carbons (Fsp3) is 0.182. The van der Waals surface area contributed by atoms with E-state index in [0.29, 0.717) is 27.8 Å². The summed E-state index contributed by atoms with van der Waals surface area (Å²) in [5.74, 6) is 0.718. The fourth-order valence-electron chi connectivity index (χ4n) is 1.46. The number of phenols is 1. The number of aromatic nitrogens is 3. The van der Waals surface area contributed by atoms with Gasteiger partial charge in [-0.25, -0.2) is 4.98 Å². The van der Waals surface area contributed by atoms with E-state index in [1.807, 2.05) is 6.92 Å². The number of hydrogen-bond donors (Lipinski definition) is 1. The molecule has 0 saturated heterocycles. The van der Waals surface area contributed by atoms with Gasteiger partial charge >= 0.3 is 0 Å². The number of hydrogen-bond acceptors (Lipinski definition) is 4. The third-order valence-corrected chi connectivity index (χ3v) is 2.42. The van der Waals surface area contributed by atoms with Gasteiger partial charge in [0.15, 0.2) is 0 Å². The van der Waals surface area contributed by atoms with Gasteiger partial charge in [-0.3, -0.25) is 0 Å². The highest BCUT2D eigenvalue weighted by molar-refractivity contribution is 6.30. The highest BCUT2D eigenvalue weighted by Crippen LogP contribution is 2.31. The minimum Gasteiger partial charge on any atom is -0.507 e. The number of aryl methyl sites for hydroxylation is 2. The van der Waals surface area contributed by atoms with E-state index in [1.165, 1.54) is 6.07 Å². The Morgan fingerprint density at radius 1 is 1.19 bits per heavy atom. The van der Waals surface area contributed by atoms with Crippen molar-refractivity contribution < 1.29 is 5.11 Å². The van der Waals surface area contributed by atoms with Crippen LogP contribution in [0.2, 0.25) is 5.02 Å². The van der Waals surface area contributed by atoms with Gasteiger partial charge in [-0.2, -0.15) is 0 Å². The molecule has 1 N–H and O–H groups in total. The van der Waals surface area contributed by atoms with E-state index in [9.17, 15) is 5.11 Å². The Labute approximate surface area is 97.9 Å². The minimum absolute atomic E-state index is 0.118. The van der Waals surface area contributed by atoms with Gasteiger partial charge in [0.1, 0.15) is 17.3 Å². The molecule has 1 heterocycles. The Balaban J connectivity index is 2.62. The molecule has 1 aromatic heterocycles. The normalized spacial score (nSPS) is 10.4. The van der Waals surface area contributed by atoms with E-state index < -0.39 is 0 Å². The van der Waals surface area contributed by atoms with Crippen LogP contribution < -0.4 is 0 Å².